The molecule has 106 valence electrons. The third kappa shape index (κ3) is 3.37. The van der Waals surface area contributed by atoms with Crippen molar-refractivity contribution in [2.24, 2.45) is 0 Å². The zero-order chi connectivity index (χ0) is 14.7. The van der Waals surface area contributed by atoms with E-state index >= 15 is 0 Å². The Hall–Kier alpha value is -1.98. The molecule has 0 saturated carbocycles. The monoisotopic (exact) mass is 314 g/mol. The molecule has 0 aliphatic carbocycles. The Morgan fingerprint density at radius 3 is 2.76 bits per heavy atom. The van der Waals surface area contributed by atoms with Crippen LogP contribution >= 0.6 is 22.7 Å². The number of carbonyl (C=O) groups is 1. The van der Waals surface area contributed by atoms with Gasteiger partial charge in [0.2, 0.25) is 5.91 Å². The minimum absolute atomic E-state index is 0.00929. The molecule has 1 N–H and O–H groups in total. The van der Waals surface area contributed by atoms with Gasteiger partial charge in [0.1, 0.15) is 5.01 Å². The number of hydrogen-bond acceptors (Lipinski definition) is 4. The van der Waals surface area contributed by atoms with Crippen molar-refractivity contribution in [1.29, 1.82) is 0 Å². The number of amides is 1. The second-order valence-corrected chi connectivity index (χ2v) is 6.61. The molecule has 3 rings (SSSR count). The van der Waals surface area contributed by atoms with Crippen LogP contribution in [-0.2, 0) is 11.3 Å². The molecule has 0 unspecified atom stereocenters. The summed E-state index contributed by atoms with van der Waals surface area (Å²) in [6.45, 7) is 2.11. The van der Waals surface area contributed by atoms with Gasteiger partial charge in [-0.15, -0.1) is 22.7 Å². The van der Waals surface area contributed by atoms with Crippen LogP contribution in [0.5, 0.6) is 0 Å². The maximum Gasteiger partial charge on any atom is 0.217 e. The fraction of sp³-hybridized carbons (Fsp3) is 0.125. The molecule has 0 aliphatic rings. The topological polar surface area (TPSA) is 42.0 Å². The summed E-state index contributed by atoms with van der Waals surface area (Å²) < 4.78 is 0. The first-order valence-electron chi connectivity index (χ1n) is 6.57. The van der Waals surface area contributed by atoms with E-state index in [2.05, 4.69) is 28.9 Å². The number of aromatic nitrogens is 1. The molecule has 0 radical (unpaired) electrons. The summed E-state index contributed by atoms with van der Waals surface area (Å²) in [5.41, 5.74) is 2.14. The zero-order valence-corrected chi connectivity index (χ0v) is 13.1. The molecule has 0 aliphatic heterocycles. The van der Waals surface area contributed by atoms with Gasteiger partial charge in [-0.05, 0) is 12.1 Å². The third-order valence-electron chi connectivity index (χ3n) is 2.95. The molecule has 3 nitrogen and oxygen atoms in total. The lowest BCUT2D eigenvalue weighted by Crippen LogP contribution is -2.17. The highest BCUT2D eigenvalue weighted by atomic mass is 32.1. The van der Waals surface area contributed by atoms with Crippen molar-refractivity contribution in [3.8, 4) is 21.1 Å². The van der Waals surface area contributed by atoms with Crippen LogP contribution in [0.4, 0.5) is 0 Å². The highest BCUT2D eigenvalue weighted by molar-refractivity contribution is 7.16. The van der Waals surface area contributed by atoms with Gasteiger partial charge in [-0.2, -0.15) is 0 Å². The van der Waals surface area contributed by atoms with Crippen molar-refractivity contribution in [2.75, 3.05) is 0 Å². The van der Waals surface area contributed by atoms with Crippen LogP contribution in [-0.4, -0.2) is 10.9 Å². The molecule has 3 aromatic rings. The van der Waals surface area contributed by atoms with Gasteiger partial charge < -0.3 is 5.32 Å². The van der Waals surface area contributed by atoms with Gasteiger partial charge in [-0.3, -0.25) is 4.79 Å². The second kappa shape index (κ2) is 6.20. The van der Waals surface area contributed by atoms with Crippen molar-refractivity contribution < 1.29 is 4.79 Å². The summed E-state index contributed by atoms with van der Waals surface area (Å²) in [4.78, 5) is 17.9. The average molecular weight is 314 g/mol. The van der Waals surface area contributed by atoms with Gasteiger partial charge in [0.05, 0.1) is 17.1 Å². The van der Waals surface area contributed by atoms with E-state index in [1.165, 1.54) is 6.92 Å². The minimum atomic E-state index is -0.00929. The Kier molecular flexibility index (Phi) is 4.13. The van der Waals surface area contributed by atoms with Gasteiger partial charge in [0.25, 0.3) is 0 Å². The van der Waals surface area contributed by atoms with E-state index in [0.29, 0.717) is 6.54 Å². The summed E-state index contributed by atoms with van der Waals surface area (Å²) in [5, 5.41) is 5.92. The Bertz CT molecular complexity index is 746. The molecular weight excluding hydrogens is 300 g/mol. The first-order chi connectivity index (χ1) is 10.2. The van der Waals surface area contributed by atoms with Crippen molar-refractivity contribution in [3.63, 3.8) is 0 Å². The predicted octanol–water partition coefficient (Wildman–Crippen LogP) is 4.17. The molecule has 1 amide bonds. The molecule has 0 spiro atoms. The fourth-order valence-electron chi connectivity index (χ4n) is 1.92. The van der Waals surface area contributed by atoms with E-state index in [-0.39, 0.29) is 5.91 Å². The third-order valence-corrected chi connectivity index (χ3v) is 4.95. The Labute approximate surface area is 131 Å². The average Bonchev–Trinajstić information content (AvgIpc) is 3.15. The number of nitrogens with zero attached hydrogens (tertiary/aromatic N) is 1. The van der Waals surface area contributed by atoms with E-state index in [0.717, 1.165) is 26.0 Å². The van der Waals surface area contributed by atoms with E-state index < -0.39 is 0 Å². The van der Waals surface area contributed by atoms with Crippen LogP contribution in [0, 0.1) is 0 Å². The predicted molar refractivity (Wildman–Crippen MR) is 88.4 cm³/mol. The smallest absolute Gasteiger partial charge is 0.217 e. The van der Waals surface area contributed by atoms with E-state index in [1.54, 1.807) is 22.7 Å². The number of thiazole rings is 1. The number of carbonyl (C=O) groups excluding carboxylic acids is 1. The molecule has 0 saturated heterocycles. The van der Waals surface area contributed by atoms with Gasteiger partial charge >= 0.3 is 0 Å². The Balaban J connectivity index is 1.79. The lowest BCUT2D eigenvalue weighted by molar-refractivity contribution is -0.119. The van der Waals surface area contributed by atoms with Gasteiger partial charge in [0.15, 0.2) is 0 Å². The molecule has 5 heteroatoms. The first-order valence-corrected chi connectivity index (χ1v) is 8.26. The molecule has 2 heterocycles. The summed E-state index contributed by atoms with van der Waals surface area (Å²) in [5.74, 6) is -0.00929. The van der Waals surface area contributed by atoms with Gasteiger partial charge in [-0.25, -0.2) is 4.98 Å². The molecular formula is C16H14N2OS2. The van der Waals surface area contributed by atoms with Crippen molar-refractivity contribution >= 4 is 28.6 Å². The molecule has 1 aromatic carbocycles. The Morgan fingerprint density at radius 1 is 1.19 bits per heavy atom. The molecule has 2 aromatic heterocycles. The van der Waals surface area contributed by atoms with Crippen molar-refractivity contribution in [2.45, 2.75) is 13.5 Å². The number of hydrogen-bond donors (Lipinski definition) is 1. The van der Waals surface area contributed by atoms with Crippen LogP contribution in [0.1, 0.15) is 11.8 Å². The lowest BCUT2D eigenvalue weighted by atomic mass is 10.2. The minimum Gasteiger partial charge on any atom is -0.351 e. The standard InChI is InChI=1S/C16H14N2OS2/c1-11(19)17-9-13-7-8-15(21-13)14-10-20-16(18-14)12-5-3-2-4-6-12/h2-8,10H,9H2,1H3,(H,17,19). The fourth-order valence-corrected chi connectivity index (χ4v) is 3.73. The van der Waals surface area contributed by atoms with Gasteiger partial charge in [0, 0.05) is 22.7 Å². The number of rotatable bonds is 4. The van der Waals surface area contributed by atoms with Crippen LogP contribution in [0.3, 0.4) is 0 Å². The van der Waals surface area contributed by atoms with Crippen LogP contribution < -0.4 is 5.32 Å². The number of benzene rings is 1. The highest BCUT2D eigenvalue weighted by Gasteiger charge is 2.09. The maximum absolute atomic E-state index is 10.9. The van der Waals surface area contributed by atoms with E-state index in [4.69, 9.17) is 4.98 Å². The second-order valence-electron chi connectivity index (χ2n) is 4.58. The quantitative estimate of drug-likeness (QED) is 0.785. The van der Waals surface area contributed by atoms with E-state index in [9.17, 15) is 4.79 Å². The zero-order valence-electron chi connectivity index (χ0n) is 11.5. The molecule has 0 fully saturated rings. The largest absolute Gasteiger partial charge is 0.351 e. The first kappa shape index (κ1) is 14.0. The SMILES string of the molecule is CC(=O)NCc1ccc(-c2csc(-c3ccccc3)n2)s1. The molecule has 0 bridgehead atoms. The number of nitrogens with one attached hydrogen (secondary N) is 1. The lowest BCUT2D eigenvalue weighted by Gasteiger charge is -1.97. The van der Waals surface area contributed by atoms with E-state index in [1.807, 2.05) is 24.3 Å². The summed E-state index contributed by atoms with van der Waals surface area (Å²) in [6.07, 6.45) is 0. The van der Waals surface area contributed by atoms with Crippen molar-refractivity contribution in [1.82, 2.24) is 10.3 Å². The molecule has 0 atom stereocenters. The summed E-state index contributed by atoms with van der Waals surface area (Å²) in [7, 11) is 0. The maximum atomic E-state index is 10.9. The summed E-state index contributed by atoms with van der Waals surface area (Å²) in [6, 6.07) is 14.3. The van der Waals surface area contributed by atoms with Crippen molar-refractivity contribution in [3.05, 3.63) is 52.7 Å². The number of thiophene rings is 1. The van der Waals surface area contributed by atoms with Crippen LogP contribution in [0.2, 0.25) is 0 Å². The van der Waals surface area contributed by atoms with Crippen LogP contribution in [0.15, 0.2) is 47.8 Å². The van der Waals surface area contributed by atoms with Gasteiger partial charge in [-0.1, -0.05) is 30.3 Å². The molecule has 21 heavy (non-hydrogen) atoms. The normalized spacial score (nSPS) is 10.5. The van der Waals surface area contributed by atoms with Crippen LogP contribution in [0.25, 0.3) is 21.1 Å². The highest BCUT2D eigenvalue weighted by Crippen LogP contribution is 2.32. The Morgan fingerprint density at radius 2 is 2.00 bits per heavy atom. The summed E-state index contributed by atoms with van der Waals surface area (Å²) >= 11 is 3.32.